The lowest BCUT2D eigenvalue weighted by Crippen LogP contribution is -2.48. The van der Waals surface area contributed by atoms with Crippen LogP contribution in [0.5, 0.6) is 0 Å². The minimum atomic E-state index is -0.341. The van der Waals surface area contributed by atoms with Gasteiger partial charge in [0.1, 0.15) is 17.3 Å². The number of aromatic nitrogens is 1. The average molecular weight is 371 g/mol. The summed E-state index contributed by atoms with van der Waals surface area (Å²) in [6.07, 6.45) is 3.56. The third-order valence-corrected chi connectivity index (χ3v) is 5.32. The van der Waals surface area contributed by atoms with Crippen LogP contribution in [0.1, 0.15) is 41.7 Å². The molecule has 1 aliphatic carbocycles. The molecule has 0 saturated heterocycles. The molecule has 1 aliphatic heterocycles. The molecule has 7 nitrogen and oxygen atoms in total. The van der Waals surface area contributed by atoms with E-state index >= 15 is 0 Å². The zero-order valence-corrected chi connectivity index (χ0v) is 15.1. The Morgan fingerprint density at radius 1 is 1.33 bits per heavy atom. The number of halogens is 1. The summed E-state index contributed by atoms with van der Waals surface area (Å²) in [5, 5.41) is 10.6. The molecule has 2 heterocycles. The molecule has 1 aromatic carbocycles. The van der Waals surface area contributed by atoms with Gasteiger partial charge in [-0.2, -0.15) is 5.10 Å². The summed E-state index contributed by atoms with van der Waals surface area (Å²) in [6.45, 7) is 2.11. The van der Waals surface area contributed by atoms with Crippen molar-refractivity contribution in [3.63, 3.8) is 0 Å². The van der Waals surface area contributed by atoms with Crippen LogP contribution in [0, 0.1) is 18.7 Å². The van der Waals surface area contributed by atoms with E-state index in [1.165, 1.54) is 6.07 Å². The van der Waals surface area contributed by atoms with Crippen LogP contribution in [0.25, 0.3) is 10.9 Å². The van der Waals surface area contributed by atoms with Crippen LogP contribution in [0.2, 0.25) is 0 Å². The van der Waals surface area contributed by atoms with Gasteiger partial charge in [-0.05, 0) is 43.9 Å². The van der Waals surface area contributed by atoms with Crippen molar-refractivity contribution < 1.29 is 14.0 Å². The molecule has 1 fully saturated rings. The molecular weight excluding hydrogens is 349 g/mol. The molecule has 0 unspecified atom stereocenters. The molecule has 1 saturated carbocycles. The summed E-state index contributed by atoms with van der Waals surface area (Å²) in [7, 11) is 0. The average Bonchev–Trinajstić information content (AvgIpc) is 3.13. The minimum Gasteiger partial charge on any atom is -0.363 e. The SMILES string of the molecule is Cc1ccc(F)c2cc(C(=O)N[C@H]3CCC[C@@H](C4=NNC(=O)CN4)C3)[nH]c12. The maximum Gasteiger partial charge on any atom is 0.267 e. The molecule has 0 spiro atoms. The van der Waals surface area contributed by atoms with Crippen LogP contribution in [-0.2, 0) is 4.79 Å². The van der Waals surface area contributed by atoms with Crippen LogP contribution in [-0.4, -0.2) is 35.2 Å². The lowest BCUT2D eigenvalue weighted by molar-refractivity contribution is -0.120. The van der Waals surface area contributed by atoms with Crippen molar-refractivity contribution in [1.29, 1.82) is 0 Å². The van der Waals surface area contributed by atoms with Gasteiger partial charge in [-0.15, -0.1) is 0 Å². The molecule has 1 aromatic heterocycles. The van der Waals surface area contributed by atoms with E-state index in [4.69, 9.17) is 0 Å². The topological polar surface area (TPSA) is 98.4 Å². The highest BCUT2D eigenvalue weighted by molar-refractivity contribution is 5.99. The molecule has 0 bridgehead atoms. The number of benzene rings is 1. The fraction of sp³-hybridized carbons (Fsp3) is 0.421. The Morgan fingerprint density at radius 2 is 2.19 bits per heavy atom. The van der Waals surface area contributed by atoms with E-state index in [1.807, 2.05) is 6.92 Å². The van der Waals surface area contributed by atoms with E-state index in [2.05, 4.69) is 26.1 Å². The summed E-state index contributed by atoms with van der Waals surface area (Å²) < 4.78 is 14.0. The van der Waals surface area contributed by atoms with E-state index in [-0.39, 0.29) is 36.1 Å². The van der Waals surface area contributed by atoms with Crippen molar-refractivity contribution in [2.75, 3.05) is 6.54 Å². The first kappa shape index (κ1) is 17.5. The lowest BCUT2D eigenvalue weighted by Gasteiger charge is -2.31. The molecule has 2 aliphatic rings. The predicted molar refractivity (Wildman–Crippen MR) is 99.8 cm³/mol. The molecule has 8 heteroatoms. The van der Waals surface area contributed by atoms with Gasteiger partial charge in [0.05, 0.1) is 12.1 Å². The Kier molecular flexibility index (Phi) is 4.55. The summed E-state index contributed by atoms with van der Waals surface area (Å²) in [4.78, 5) is 26.9. The van der Waals surface area contributed by atoms with Crippen molar-refractivity contribution in [1.82, 2.24) is 21.0 Å². The number of amidine groups is 1. The number of rotatable bonds is 3. The highest BCUT2D eigenvalue weighted by Gasteiger charge is 2.29. The Morgan fingerprint density at radius 3 is 2.93 bits per heavy atom. The number of nitrogens with one attached hydrogen (secondary N) is 4. The van der Waals surface area contributed by atoms with E-state index in [0.29, 0.717) is 16.6 Å². The monoisotopic (exact) mass is 371 g/mol. The first-order valence-electron chi connectivity index (χ1n) is 9.20. The number of carbonyl (C=O) groups is 2. The first-order chi connectivity index (χ1) is 13.0. The van der Waals surface area contributed by atoms with Crippen LogP contribution in [0.15, 0.2) is 23.3 Å². The molecule has 2 aromatic rings. The van der Waals surface area contributed by atoms with E-state index in [1.54, 1.807) is 12.1 Å². The van der Waals surface area contributed by atoms with Gasteiger partial charge in [0.2, 0.25) is 0 Å². The summed E-state index contributed by atoms with van der Waals surface area (Å²) in [6, 6.07) is 4.68. The maximum absolute atomic E-state index is 14.0. The molecule has 0 radical (unpaired) electrons. The number of nitrogens with zero attached hydrogens (tertiary/aromatic N) is 1. The molecule has 2 amide bonds. The smallest absolute Gasteiger partial charge is 0.267 e. The highest BCUT2D eigenvalue weighted by atomic mass is 19.1. The largest absolute Gasteiger partial charge is 0.363 e. The van der Waals surface area contributed by atoms with Gasteiger partial charge in [-0.3, -0.25) is 9.59 Å². The number of aryl methyl sites for hydroxylation is 1. The number of fused-ring (bicyclic) bond motifs is 1. The molecule has 2 atom stereocenters. The van der Waals surface area contributed by atoms with Crippen LogP contribution >= 0.6 is 0 Å². The minimum absolute atomic E-state index is 0.00994. The summed E-state index contributed by atoms with van der Waals surface area (Å²) in [5.74, 6) is 0.221. The van der Waals surface area contributed by atoms with Gasteiger partial charge in [-0.25, -0.2) is 9.82 Å². The number of amides is 2. The first-order valence-corrected chi connectivity index (χ1v) is 9.20. The zero-order valence-electron chi connectivity index (χ0n) is 15.1. The second-order valence-corrected chi connectivity index (χ2v) is 7.26. The van der Waals surface area contributed by atoms with Gasteiger partial charge in [0.15, 0.2) is 0 Å². The lowest BCUT2D eigenvalue weighted by atomic mass is 9.84. The Hall–Kier alpha value is -2.90. The number of hydrogen-bond acceptors (Lipinski definition) is 4. The van der Waals surface area contributed by atoms with Gasteiger partial charge >= 0.3 is 0 Å². The summed E-state index contributed by atoms with van der Waals surface area (Å²) >= 11 is 0. The molecule has 4 rings (SSSR count). The second kappa shape index (κ2) is 7.02. The van der Waals surface area contributed by atoms with Crippen LogP contribution in [0.3, 0.4) is 0 Å². The quantitative estimate of drug-likeness (QED) is 0.664. The molecule has 142 valence electrons. The van der Waals surface area contributed by atoms with Crippen molar-refractivity contribution in [2.45, 2.75) is 38.6 Å². The number of carbonyl (C=O) groups excluding carboxylic acids is 2. The van der Waals surface area contributed by atoms with Crippen LogP contribution < -0.4 is 16.1 Å². The normalized spacial score (nSPS) is 22.7. The maximum atomic E-state index is 14.0. The zero-order chi connectivity index (χ0) is 19.0. The highest BCUT2D eigenvalue weighted by Crippen LogP contribution is 2.26. The molecule has 27 heavy (non-hydrogen) atoms. The Bertz CT molecular complexity index is 897. The van der Waals surface area contributed by atoms with Crippen molar-refractivity contribution in [3.05, 3.63) is 35.3 Å². The number of hydrogen-bond donors (Lipinski definition) is 4. The predicted octanol–water partition coefficient (Wildman–Crippen LogP) is 1.94. The van der Waals surface area contributed by atoms with Gasteiger partial charge < -0.3 is 15.6 Å². The van der Waals surface area contributed by atoms with Gasteiger partial charge in [-0.1, -0.05) is 12.5 Å². The van der Waals surface area contributed by atoms with Crippen molar-refractivity contribution in [2.24, 2.45) is 11.0 Å². The van der Waals surface area contributed by atoms with E-state index in [9.17, 15) is 14.0 Å². The number of hydrazone groups is 1. The van der Waals surface area contributed by atoms with E-state index in [0.717, 1.165) is 37.1 Å². The van der Waals surface area contributed by atoms with Gasteiger partial charge in [0.25, 0.3) is 11.8 Å². The van der Waals surface area contributed by atoms with E-state index < -0.39 is 0 Å². The summed E-state index contributed by atoms with van der Waals surface area (Å²) in [5.41, 5.74) is 4.40. The van der Waals surface area contributed by atoms with Crippen LogP contribution in [0.4, 0.5) is 4.39 Å². The third-order valence-electron chi connectivity index (χ3n) is 5.32. The van der Waals surface area contributed by atoms with Crippen molar-refractivity contribution >= 4 is 28.6 Å². The molecular formula is C19H22FN5O2. The Labute approximate surface area is 155 Å². The fourth-order valence-corrected chi connectivity index (χ4v) is 3.89. The fourth-order valence-electron chi connectivity index (χ4n) is 3.89. The second-order valence-electron chi connectivity index (χ2n) is 7.26. The molecule has 4 N–H and O–H groups in total. The Balaban J connectivity index is 1.46. The number of H-pyrrole nitrogens is 1. The third kappa shape index (κ3) is 3.51. The van der Waals surface area contributed by atoms with Crippen molar-refractivity contribution in [3.8, 4) is 0 Å². The standard InChI is InChI=1S/C19H22FN5O2/c1-10-5-6-14(20)13-8-15(23-17(10)13)19(27)22-12-4-2-3-11(7-12)18-21-9-16(26)24-25-18/h5-6,8,11-12,23H,2-4,7,9H2,1H3,(H,21,25)(H,22,27)(H,24,26)/t11-,12+/m1/s1. The number of aromatic amines is 1. The van der Waals surface area contributed by atoms with Gasteiger partial charge in [0, 0.05) is 17.3 Å².